The number of ether oxygens (including phenoxy) is 2. The van der Waals surface area contributed by atoms with E-state index in [4.69, 9.17) is 9.47 Å². The van der Waals surface area contributed by atoms with Crippen LogP contribution in [0.1, 0.15) is 13.8 Å². The van der Waals surface area contributed by atoms with E-state index in [1.165, 1.54) is 0 Å². The van der Waals surface area contributed by atoms with Gasteiger partial charge in [-0.05, 0) is 37.1 Å². The van der Waals surface area contributed by atoms with E-state index in [2.05, 4.69) is 0 Å². The molecule has 0 bridgehead atoms. The van der Waals surface area contributed by atoms with E-state index < -0.39 is 11.1 Å². The number of hydrogen-bond donors (Lipinski definition) is 0. The Labute approximate surface area is 149 Å². The van der Waals surface area contributed by atoms with E-state index in [-0.39, 0.29) is 40.6 Å². The molecule has 1 aromatic carbocycles. The Hall–Kier alpha value is -0.370. The molecule has 0 saturated heterocycles. The maximum Gasteiger partial charge on any atom is 1.00 e. The van der Waals surface area contributed by atoms with Crippen LogP contribution in [0.4, 0.5) is 0 Å². The normalized spacial score (nSPS) is 12.4. The zero-order valence-corrected chi connectivity index (χ0v) is 15.6. The van der Waals surface area contributed by atoms with Gasteiger partial charge in [-0.3, -0.25) is 4.21 Å². The minimum absolute atomic E-state index is 0. The van der Waals surface area contributed by atoms with Gasteiger partial charge in [0.25, 0.3) is 0 Å². The number of aromatic nitrogens is 1. The molecular formula is C14H18NNaO4S. The Morgan fingerprint density at radius 2 is 2.10 bits per heavy atom. The number of fused-ring (bicyclic) bond motifs is 1. The Balaban J connectivity index is 0.00000220. The second-order valence-electron chi connectivity index (χ2n) is 4.73. The Morgan fingerprint density at radius 3 is 2.67 bits per heavy atom. The van der Waals surface area contributed by atoms with Crippen molar-refractivity contribution in [3.05, 3.63) is 24.4 Å². The SMILES string of the molecule is COCCn1cc(S(=O)[O-])c2c(OC(C)C)cccc21.[Na+]. The van der Waals surface area contributed by atoms with E-state index in [1.807, 2.05) is 30.5 Å². The largest absolute Gasteiger partial charge is 1.00 e. The molecule has 21 heavy (non-hydrogen) atoms. The molecule has 0 radical (unpaired) electrons. The monoisotopic (exact) mass is 319 g/mol. The summed E-state index contributed by atoms with van der Waals surface area (Å²) < 4.78 is 35.5. The van der Waals surface area contributed by atoms with Crippen molar-refractivity contribution >= 4 is 22.0 Å². The van der Waals surface area contributed by atoms with Crippen molar-refractivity contribution in [3.63, 3.8) is 0 Å². The zero-order valence-electron chi connectivity index (χ0n) is 12.8. The van der Waals surface area contributed by atoms with Crippen molar-refractivity contribution < 1.29 is 47.8 Å². The molecule has 0 aliphatic heterocycles. The predicted octanol–water partition coefficient (Wildman–Crippen LogP) is -0.683. The maximum atomic E-state index is 11.4. The van der Waals surface area contributed by atoms with Gasteiger partial charge in [-0.2, -0.15) is 0 Å². The van der Waals surface area contributed by atoms with Gasteiger partial charge in [-0.1, -0.05) is 6.07 Å². The van der Waals surface area contributed by atoms with E-state index in [0.29, 0.717) is 24.3 Å². The van der Waals surface area contributed by atoms with Crippen LogP contribution in [0.5, 0.6) is 5.75 Å². The van der Waals surface area contributed by atoms with Gasteiger partial charge in [0.1, 0.15) is 5.75 Å². The van der Waals surface area contributed by atoms with Crippen LogP contribution in [-0.4, -0.2) is 33.1 Å². The van der Waals surface area contributed by atoms with E-state index in [9.17, 15) is 8.76 Å². The Morgan fingerprint density at radius 1 is 1.38 bits per heavy atom. The second-order valence-corrected chi connectivity index (χ2v) is 5.64. The fourth-order valence-electron chi connectivity index (χ4n) is 2.14. The summed E-state index contributed by atoms with van der Waals surface area (Å²) in [5.41, 5.74) is 0.833. The third-order valence-electron chi connectivity index (χ3n) is 2.91. The van der Waals surface area contributed by atoms with Gasteiger partial charge in [-0.25, -0.2) is 0 Å². The molecule has 1 heterocycles. The summed E-state index contributed by atoms with van der Waals surface area (Å²) in [4.78, 5) is 0.257. The molecule has 0 N–H and O–H groups in total. The molecular weight excluding hydrogens is 301 g/mol. The minimum Gasteiger partial charge on any atom is -0.768 e. The number of nitrogens with zero attached hydrogens (tertiary/aromatic N) is 1. The quantitative estimate of drug-likeness (QED) is 0.523. The summed E-state index contributed by atoms with van der Waals surface area (Å²) in [6, 6.07) is 5.54. The van der Waals surface area contributed by atoms with E-state index in [0.717, 1.165) is 5.52 Å². The van der Waals surface area contributed by atoms with Crippen LogP contribution in [0, 0.1) is 0 Å². The molecule has 7 heteroatoms. The summed E-state index contributed by atoms with van der Waals surface area (Å²) >= 11 is -2.30. The summed E-state index contributed by atoms with van der Waals surface area (Å²) in [5, 5.41) is 0.630. The first-order valence-corrected chi connectivity index (χ1v) is 7.48. The molecule has 110 valence electrons. The molecule has 1 unspecified atom stereocenters. The van der Waals surface area contributed by atoms with Gasteiger partial charge in [-0.15, -0.1) is 0 Å². The van der Waals surface area contributed by atoms with E-state index >= 15 is 0 Å². The first-order chi connectivity index (χ1) is 9.54. The van der Waals surface area contributed by atoms with Gasteiger partial charge in [0.05, 0.1) is 28.5 Å². The third kappa shape index (κ3) is 4.31. The fraction of sp³-hybridized carbons (Fsp3) is 0.429. The number of methoxy groups -OCH3 is 1. The second kappa shape index (κ2) is 8.31. The van der Waals surface area contributed by atoms with Crippen molar-refractivity contribution in [1.29, 1.82) is 0 Å². The predicted molar refractivity (Wildman–Crippen MR) is 76.8 cm³/mol. The summed E-state index contributed by atoms with van der Waals surface area (Å²) in [7, 11) is 1.62. The Bertz CT molecular complexity index is 627. The van der Waals surface area contributed by atoms with Gasteiger partial charge in [0.2, 0.25) is 0 Å². The summed E-state index contributed by atoms with van der Waals surface area (Å²) in [6.07, 6.45) is 1.61. The Kier molecular flexibility index (Phi) is 7.39. The maximum absolute atomic E-state index is 11.4. The van der Waals surface area contributed by atoms with Crippen LogP contribution >= 0.6 is 0 Å². The van der Waals surface area contributed by atoms with Gasteiger partial charge in [0, 0.05) is 19.9 Å². The summed E-state index contributed by atoms with van der Waals surface area (Å²) in [6.45, 7) is 4.93. The van der Waals surface area contributed by atoms with Crippen LogP contribution in [0.3, 0.4) is 0 Å². The molecule has 2 aromatic rings. The number of hydrogen-bond acceptors (Lipinski definition) is 4. The molecule has 1 aromatic heterocycles. The van der Waals surface area contributed by atoms with Crippen LogP contribution in [-0.2, 0) is 22.4 Å². The average Bonchev–Trinajstić information content (AvgIpc) is 2.76. The number of benzene rings is 1. The first kappa shape index (κ1) is 18.7. The van der Waals surface area contributed by atoms with Crippen molar-refractivity contribution in [2.24, 2.45) is 0 Å². The smallest absolute Gasteiger partial charge is 0.768 e. The van der Waals surface area contributed by atoms with Crippen molar-refractivity contribution in [2.45, 2.75) is 31.4 Å². The molecule has 2 rings (SSSR count). The van der Waals surface area contributed by atoms with Crippen LogP contribution in [0.25, 0.3) is 10.9 Å². The van der Waals surface area contributed by atoms with Crippen molar-refractivity contribution in [1.82, 2.24) is 4.57 Å². The van der Waals surface area contributed by atoms with Crippen LogP contribution in [0.15, 0.2) is 29.3 Å². The van der Waals surface area contributed by atoms with E-state index in [1.54, 1.807) is 19.4 Å². The van der Waals surface area contributed by atoms with Gasteiger partial charge >= 0.3 is 29.6 Å². The van der Waals surface area contributed by atoms with Gasteiger partial charge in [0.15, 0.2) is 0 Å². The summed E-state index contributed by atoms with van der Waals surface area (Å²) in [5.74, 6) is 0.591. The molecule has 0 aliphatic rings. The molecule has 5 nitrogen and oxygen atoms in total. The van der Waals surface area contributed by atoms with Crippen molar-refractivity contribution in [2.75, 3.05) is 13.7 Å². The third-order valence-corrected chi connectivity index (χ3v) is 3.58. The zero-order chi connectivity index (χ0) is 14.7. The fourth-order valence-corrected chi connectivity index (χ4v) is 2.72. The van der Waals surface area contributed by atoms with Gasteiger partial charge < -0.3 is 18.6 Å². The topological polar surface area (TPSA) is 63.5 Å². The first-order valence-electron chi connectivity index (χ1n) is 6.41. The standard InChI is InChI=1S/C14H19NO4S.Na/c1-10(2)19-12-6-4-5-11-14(12)13(20(16)17)9-15(11)7-8-18-3;/h4-6,9-10H,7-8H2,1-3H3,(H,16,17);/q;+1/p-1. The van der Waals surface area contributed by atoms with Crippen molar-refractivity contribution in [3.8, 4) is 5.75 Å². The van der Waals surface area contributed by atoms with Crippen LogP contribution in [0.2, 0.25) is 0 Å². The molecule has 0 fully saturated rings. The molecule has 0 amide bonds. The molecule has 1 atom stereocenters. The molecule has 0 aliphatic carbocycles. The average molecular weight is 319 g/mol. The number of rotatable bonds is 6. The van der Waals surface area contributed by atoms with Crippen LogP contribution < -0.4 is 34.3 Å². The molecule has 0 saturated carbocycles. The minimum atomic E-state index is -2.30. The molecule has 0 spiro atoms.